The summed E-state index contributed by atoms with van der Waals surface area (Å²) in [6, 6.07) is 10.3. The van der Waals surface area contributed by atoms with Gasteiger partial charge in [-0.3, -0.25) is 9.36 Å². The Hall–Kier alpha value is -3.72. The van der Waals surface area contributed by atoms with Crippen LogP contribution in [-0.4, -0.2) is 31.4 Å². The molecule has 0 fully saturated rings. The van der Waals surface area contributed by atoms with Crippen molar-refractivity contribution >= 4 is 23.4 Å². The number of esters is 1. The van der Waals surface area contributed by atoms with Crippen LogP contribution < -0.4 is 24.4 Å². The smallest absolute Gasteiger partial charge is 0.338 e. The van der Waals surface area contributed by atoms with Gasteiger partial charge in [0.05, 0.1) is 36.6 Å². The van der Waals surface area contributed by atoms with Crippen LogP contribution in [0.1, 0.15) is 31.0 Å². The summed E-state index contributed by atoms with van der Waals surface area (Å²) in [4.78, 5) is 31.6. The molecule has 2 heterocycles. The van der Waals surface area contributed by atoms with Crippen molar-refractivity contribution in [3.05, 3.63) is 90.4 Å². The van der Waals surface area contributed by atoms with Crippen LogP contribution in [0.5, 0.6) is 11.5 Å². The van der Waals surface area contributed by atoms with Crippen LogP contribution in [0.3, 0.4) is 0 Å². The molecule has 176 valence electrons. The lowest BCUT2D eigenvalue weighted by Crippen LogP contribution is -2.40. The van der Waals surface area contributed by atoms with E-state index in [2.05, 4.69) is 4.99 Å². The first kappa shape index (κ1) is 23.4. The lowest BCUT2D eigenvalue weighted by atomic mass is 9.94. The number of carbonyl (C=O) groups is 1. The maximum absolute atomic E-state index is 13.6. The maximum Gasteiger partial charge on any atom is 0.338 e. The Kier molecular flexibility index (Phi) is 6.65. The van der Waals surface area contributed by atoms with Crippen molar-refractivity contribution in [3.8, 4) is 11.5 Å². The minimum absolute atomic E-state index is 0.173. The fourth-order valence-electron chi connectivity index (χ4n) is 3.92. The van der Waals surface area contributed by atoms with Gasteiger partial charge in [0.2, 0.25) is 0 Å². The predicted molar refractivity (Wildman–Crippen MR) is 126 cm³/mol. The number of allylic oxidation sites excluding steroid dienone is 1. The van der Waals surface area contributed by atoms with Crippen molar-refractivity contribution in [2.24, 2.45) is 4.99 Å². The Balaban J connectivity index is 2.01. The molecule has 0 bridgehead atoms. The molecule has 1 unspecified atom stereocenters. The van der Waals surface area contributed by atoms with Gasteiger partial charge in [0.15, 0.2) is 16.3 Å². The minimum Gasteiger partial charge on any atom is -0.493 e. The molecule has 4 rings (SSSR count). The summed E-state index contributed by atoms with van der Waals surface area (Å²) in [7, 11) is 3.02. The molecule has 3 aromatic rings. The van der Waals surface area contributed by atoms with E-state index in [1.54, 1.807) is 50.3 Å². The molecule has 1 atom stereocenters. The summed E-state index contributed by atoms with van der Waals surface area (Å²) in [6.45, 7) is 3.60. The summed E-state index contributed by atoms with van der Waals surface area (Å²) in [6.07, 6.45) is 1.67. The Morgan fingerprint density at radius 2 is 1.91 bits per heavy atom. The highest BCUT2D eigenvalue weighted by Gasteiger charge is 2.35. The van der Waals surface area contributed by atoms with E-state index in [0.29, 0.717) is 37.7 Å². The number of thiazole rings is 1. The first-order valence-electron chi connectivity index (χ1n) is 10.6. The van der Waals surface area contributed by atoms with Crippen molar-refractivity contribution in [1.29, 1.82) is 0 Å². The average Bonchev–Trinajstić information content (AvgIpc) is 3.13. The van der Waals surface area contributed by atoms with Crippen molar-refractivity contribution in [2.75, 3.05) is 20.8 Å². The molecule has 1 aromatic heterocycles. The van der Waals surface area contributed by atoms with Crippen LogP contribution in [0.15, 0.2) is 63.5 Å². The predicted octanol–water partition coefficient (Wildman–Crippen LogP) is 2.95. The zero-order valence-corrected chi connectivity index (χ0v) is 19.9. The molecular weight excluding hydrogens is 459 g/mol. The number of aromatic nitrogens is 1. The summed E-state index contributed by atoms with van der Waals surface area (Å²) in [5.74, 6) is -0.0595. The fourth-order valence-corrected chi connectivity index (χ4v) is 4.97. The number of hydrogen-bond acceptors (Lipinski definition) is 7. The summed E-state index contributed by atoms with van der Waals surface area (Å²) in [5, 5.41) is 0. The van der Waals surface area contributed by atoms with Gasteiger partial charge in [0, 0.05) is 5.56 Å². The molecule has 2 aromatic carbocycles. The first-order chi connectivity index (χ1) is 16.4. The zero-order valence-electron chi connectivity index (χ0n) is 19.1. The summed E-state index contributed by atoms with van der Waals surface area (Å²) in [5.41, 5.74) is 1.59. The number of methoxy groups -OCH3 is 2. The van der Waals surface area contributed by atoms with Gasteiger partial charge < -0.3 is 14.2 Å². The van der Waals surface area contributed by atoms with E-state index < -0.39 is 12.0 Å². The van der Waals surface area contributed by atoms with Gasteiger partial charge in [-0.2, -0.15) is 0 Å². The molecule has 0 spiro atoms. The second kappa shape index (κ2) is 9.64. The third kappa shape index (κ3) is 4.14. The normalized spacial score (nSPS) is 15.6. The molecule has 1 aliphatic rings. The Morgan fingerprint density at radius 1 is 1.18 bits per heavy atom. The van der Waals surface area contributed by atoms with Gasteiger partial charge in [0.1, 0.15) is 11.9 Å². The van der Waals surface area contributed by atoms with Crippen LogP contribution >= 0.6 is 11.3 Å². The lowest BCUT2D eigenvalue weighted by molar-refractivity contribution is -0.139. The topological polar surface area (TPSA) is 79.1 Å². The van der Waals surface area contributed by atoms with Crippen molar-refractivity contribution < 1.29 is 23.4 Å². The number of carbonyl (C=O) groups excluding carboxylic acids is 1. The number of fused-ring (bicyclic) bond motifs is 1. The number of hydrogen-bond donors (Lipinski definition) is 0. The molecule has 9 heteroatoms. The molecule has 0 aliphatic carbocycles. The molecule has 1 aliphatic heterocycles. The first-order valence-corrected chi connectivity index (χ1v) is 11.4. The SMILES string of the molecule is CCOC(=O)C1=C(C)N=c2sc(=Cc3ccc(F)cc3)c(=O)n2C1c1cccc(OC)c1OC. The van der Waals surface area contributed by atoms with Crippen molar-refractivity contribution in [2.45, 2.75) is 19.9 Å². The highest BCUT2D eigenvalue weighted by atomic mass is 32.1. The quantitative estimate of drug-likeness (QED) is 0.505. The Bertz CT molecular complexity index is 1450. The van der Waals surface area contributed by atoms with Crippen LogP contribution in [0.4, 0.5) is 4.39 Å². The van der Waals surface area contributed by atoms with Crippen molar-refractivity contribution in [1.82, 2.24) is 4.57 Å². The largest absolute Gasteiger partial charge is 0.493 e. The monoisotopic (exact) mass is 482 g/mol. The Morgan fingerprint density at radius 3 is 2.56 bits per heavy atom. The van der Waals surface area contributed by atoms with Gasteiger partial charge in [-0.05, 0) is 43.7 Å². The summed E-state index contributed by atoms with van der Waals surface area (Å²) < 4.78 is 31.6. The van der Waals surface area contributed by atoms with E-state index in [1.807, 2.05) is 0 Å². The number of benzene rings is 2. The second-order valence-electron chi connectivity index (χ2n) is 7.44. The zero-order chi connectivity index (χ0) is 24.4. The Labute approximate surface area is 199 Å². The second-order valence-corrected chi connectivity index (χ2v) is 8.45. The molecular formula is C25H23FN2O5S. The fraction of sp³-hybridized carbons (Fsp3) is 0.240. The van der Waals surface area contributed by atoms with E-state index in [4.69, 9.17) is 14.2 Å². The molecule has 0 saturated heterocycles. The number of para-hydroxylation sites is 1. The van der Waals surface area contributed by atoms with Crippen molar-refractivity contribution in [3.63, 3.8) is 0 Å². The van der Waals surface area contributed by atoms with Gasteiger partial charge >= 0.3 is 5.97 Å². The van der Waals surface area contributed by atoms with Crippen LogP contribution in [0, 0.1) is 5.82 Å². The van der Waals surface area contributed by atoms with Gasteiger partial charge in [-0.25, -0.2) is 14.2 Å². The van der Waals surface area contributed by atoms with E-state index in [-0.39, 0.29) is 23.6 Å². The van der Waals surface area contributed by atoms with Crippen LogP contribution in [-0.2, 0) is 9.53 Å². The van der Waals surface area contributed by atoms with Crippen LogP contribution in [0.2, 0.25) is 0 Å². The molecule has 0 saturated carbocycles. The highest BCUT2D eigenvalue weighted by Crippen LogP contribution is 2.40. The molecule has 34 heavy (non-hydrogen) atoms. The highest BCUT2D eigenvalue weighted by molar-refractivity contribution is 7.07. The van der Waals surface area contributed by atoms with Gasteiger partial charge in [-0.1, -0.05) is 35.6 Å². The number of ether oxygens (including phenoxy) is 3. The third-order valence-electron chi connectivity index (χ3n) is 5.41. The third-order valence-corrected chi connectivity index (χ3v) is 6.40. The average molecular weight is 483 g/mol. The molecule has 0 radical (unpaired) electrons. The van der Waals surface area contributed by atoms with E-state index >= 15 is 0 Å². The number of rotatable bonds is 6. The van der Waals surface area contributed by atoms with Gasteiger partial charge in [-0.15, -0.1) is 0 Å². The van der Waals surface area contributed by atoms with E-state index in [0.717, 1.165) is 0 Å². The van der Waals surface area contributed by atoms with E-state index in [9.17, 15) is 14.0 Å². The minimum atomic E-state index is -0.837. The van der Waals surface area contributed by atoms with E-state index in [1.165, 1.54) is 42.3 Å². The maximum atomic E-state index is 13.6. The number of halogens is 1. The lowest BCUT2D eigenvalue weighted by Gasteiger charge is -2.26. The van der Waals surface area contributed by atoms with Crippen LogP contribution in [0.25, 0.3) is 6.08 Å². The molecule has 0 amide bonds. The standard InChI is InChI=1S/C25H23FN2O5S/c1-5-33-24(30)20-14(2)27-25-28(21(20)17-7-6-8-18(31-3)22(17)32-4)23(29)19(34-25)13-15-9-11-16(26)12-10-15/h6-13,21H,5H2,1-4H3. The number of nitrogens with zero attached hydrogens (tertiary/aromatic N) is 2. The molecule has 0 N–H and O–H groups in total. The summed E-state index contributed by atoms with van der Waals surface area (Å²) >= 11 is 1.19. The van der Waals surface area contributed by atoms with Gasteiger partial charge in [0.25, 0.3) is 5.56 Å². The molecule has 7 nitrogen and oxygen atoms in total.